The first-order chi connectivity index (χ1) is 12.2. The second-order valence-electron chi connectivity index (χ2n) is 6.21. The molecule has 1 aliphatic rings. The van der Waals surface area contributed by atoms with Crippen molar-refractivity contribution in [1.29, 1.82) is 5.26 Å². The van der Waals surface area contributed by atoms with E-state index < -0.39 is 0 Å². The number of anilines is 1. The Morgan fingerprint density at radius 1 is 1.24 bits per heavy atom. The fourth-order valence-electron chi connectivity index (χ4n) is 3.02. The van der Waals surface area contributed by atoms with Gasteiger partial charge in [-0.1, -0.05) is 18.2 Å². The highest BCUT2D eigenvalue weighted by Crippen LogP contribution is 2.17. The number of carbonyl (C=O) groups excluding carboxylic acids is 1. The third-order valence-corrected chi connectivity index (χ3v) is 5.46. The Labute approximate surface area is 152 Å². The summed E-state index contributed by atoms with van der Waals surface area (Å²) in [5, 5.41) is 14.1. The van der Waals surface area contributed by atoms with E-state index in [2.05, 4.69) is 38.7 Å². The van der Waals surface area contributed by atoms with Crippen molar-refractivity contribution in [3.05, 3.63) is 52.2 Å². The third-order valence-electron chi connectivity index (χ3n) is 4.60. The van der Waals surface area contributed by atoms with E-state index in [0.29, 0.717) is 11.3 Å². The highest BCUT2D eigenvalue weighted by atomic mass is 32.1. The Kier molecular flexibility index (Phi) is 5.82. The van der Waals surface area contributed by atoms with Gasteiger partial charge >= 0.3 is 0 Å². The van der Waals surface area contributed by atoms with Crippen LogP contribution < -0.4 is 5.32 Å². The first-order valence-corrected chi connectivity index (χ1v) is 9.34. The van der Waals surface area contributed by atoms with Gasteiger partial charge in [-0.25, -0.2) is 0 Å². The number of hydrogen-bond donors (Lipinski definition) is 1. The van der Waals surface area contributed by atoms with E-state index in [9.17, 15) is 4.79 Å². The van der Waals surface area contributed by atoms with Crippen LogP contribution in [0.1, 0.15) is 17.4 Å². The first kappa shape index (κ1) is 17.6. The summed E-state index contributed by atoms with van der Waals surface area (Å²) in [5.74, 6) is -0.0607. The zero-order chi connectivity index (χ0) is 17.6. The Bertz CT molecular complexity index is 745. The summed E-state index contributed by atoms with van der Waals surface area (Å²) in [5.41, 5.74) is 1.07. The Morgan fingerprint density at radius 3 is 2.68 bits per heavy atom. The molecule has 0 aliphatic carbocycles. The smallest absolute Gasteiger partial charge is 0.241 e. The molecule has 0 radical (unpaired) electrons. The maximum atomic E-state index is 12.5. The minimum atomic E-state index is -0.212. The SMILES string of the molecule is C[C@H](C(=O)Nc1ccccc1C#N)N1CCN(Cc2cccs2)CC1. The molecule has 1 fully saturated rings. The molecule has 1 aromatic carbocycles. The molecule has 1 atom stereocenters. The van der Waals surface area contributed by atoms with Crippen molar-refractivity contribution in [3.8, 4) is 6.07 Å². The molecule has 6 heteroatoms. The fourth-order valence-corrected chi connectivity index (χ4v) is 3.77. The molecule has 0 bridgehead atoms. The number of nitrogens with one attached hydrogen (secondary N) is 1. The lowest BCUT2D eigenvalue weighted by molar-refractivity contribution is -0.121. The van der Waals surface area contributed by atoms with E-state index in [4.69, 9.17) is 5.26 Å². The zero-order valence-electron chi connectivity index (χ0n) is 14.3. The van der Waals surface area contributed by atoms with Crippen molar-refractivity contribution >= 4 is 22.9 Å². The van der Waals surface area contributed by atoms with Gasteiger partial charge in [0, 0.05) is 37.6 Å². The van der Waals surface area contributed by atoms with Gasteiger partial charge in [-0.2, -0.15) is 5.26 Å². The molecule has 5 nitrogen and oxygen atoms in total. The molecule has 2 aromatic rings. The van der Waals surface area contributed by atoms with Gasteiger partial charge in [-0.3, -0.25) is 14.6 Å². The number of para-hydroxylation sites is 1. The van der Waals surface area contributed by atoms with E-state index in [1.165, 1.54) is 4.88 Å². The molecule has 1 aliphatic heterocycles. The fraction of sp³-hybridized carbons (Fsp3) is 0.368. The summed E-state index contributed by atoms with van der Waals surface area (Å²) < 4.78 is 0. The molecule has 25 heavy (non-hydrogen) atoms. The number of hydrogen-bond acceptors (Lipinski definition) is 5. The van der Waals surface area contributed by atoms with Crippen LogP contribution in [-0.4, -0.2) is 47.9 Å². The second-order valence-corrected chi connectivity index (χ2v) is 7.25. The summed E-state index contributed by atoms with van der Waals surface area (Å²) in [6.07, 6.45) is 0. The van der Waals surface area contributed by atoms with Crippen LogP contribution in [0.25, 0.3) is 0 Å². The molecule has 0 saturated carbocycles. The first-order valence-electron chi connectivity index (χ1n) is 8.46. The van der Waals surface area contributed by atoms with Crippen LogP contribution in [0.3, 0.4) is 0 Å². The summed E-state index contributed by atoms with van der Waals surface area (Å²) in [6, 6.07) is 13.2. The lowest BCUT2D eigenvalue weighted by atomic mass is 10.1. The summed E-state index contributed by atoms with van der Waals surface area (Å²) in [7, 11) is 0. The van der Waals surface area contributed by atoms with Crippen LogP contribution >= 0.6 is 11.3 Å². The van der Waals surface area contributed by atoms with Crippen LogP contribution in [0.15, 0.2) is 41.8 Å². The van der Waals surface area contributed by atoms with Gasteiger partial charge in [0.15, 0.2) is 0 Å². The standard InChI is InChI=1S/C19H22N4OS/c1-15(19(24)21-18-7-3-2-5-16(18)13-20)23-10-8-22(9-11-23)14-17-6-4-12-25-17/h2-7,12,15H,8-11,14H2,1H3,(H,21,24)/t15-/m1/s1. The molecule has 1 saturated heterocycles. The minimum absolute atomic E-state index is 0.0607. The van der Waals surface area contributed by atoms with Gasteiger partial charge in [-0.15, -0.1) is 11.3 Å². The van der Waals surface area contributed by atoms with Gasteiger partial charge in [0.25, 0.3) is 0 Å². The van der Waals surface area contributed by atoms with Gasteiger partial charge in [0.05, 0.1) is 17.3 Å². The van der Waals surface area contributed by atoms with E-state index in [1.807, 2.05) is 13.0 Å². The van der Waals surface area contributed by atoms with Crippen molar-refractivity contribution in [3.63, 3.8) is 0 Å². The average molecular weight is 354 g/mol. The number of thiophene rings is 1. The van der Waals surface area contributed by atoms with Crippen LogP contribution in [-0.2, 0) is 11.3 Å². The summed E-state index contributed by atoms with van der Waals surface area (Å²) in [6.45, 7) is 6.59. The predicted molar refractivity (Wildman–Crippen MR) is 100 cm³/mol. The largest absolute Gasteiger partial charge is 0.324 e. The number of amides is 1. The van der Waals surface area contributed by atoms with E-state index in [-0.39, 0.29) is 11.9 Å². The normalized spacial score (nSPS) is 17.0. The van der Waals surface area contributed by atoms with Gasteiger partial charge in [-0.05, 0) is 30.5 Å². The van der Waals surface area contributed by atoms with Gasteiger partial charge < -0.3 is 5.32 Å². The van der Waals surface area contributed by atoms with Crippen molar-refractivity contribution in [2.24, 2.45) is 0 Å². The quantitative estimate of drug-likeness (QED) is 0.897. The number of rotatable bonds is 5. The molecular formula is C19H22N4OS. The lowest BCUT2D eigenvalue weighted by Gasteiger charge is -2.37. The molecule has 3 rings (SSSR count). The lowest BCUT2D eigenvalue weighted by Crippen LogP contribution is -2.52. The van der Waals surface area contributed by atoms with Crippen molar-refractivity contribution in [1.82, 2.24) is 9.80 Å². The minimum Gasteiger partial charge on any atom is -0.324 e. The molecule has 1 amide bonds. The number of carbonyl (C=O) groups is 1. The Morgan fingerprint density at radius 2 is 2.00 bits per heavy atom. The highest BCUT2D eigenvalue weighted by molar-refractivity contribution is 7.09. The monoisotopic (exact) mass is 354 g/mol. The molecule has 1 N–H and O–H groups in total. The molecular weight excluding hydrogens is 332 g/mol. The van der Waals surface area contributed by atoms with Gasteiger partial charge in [0.1, 0.15) is 6.07 Å². The number of benzene rings is 1. The topological polar surface area (TPSA) is 59.4 Å². The third kappa shape index (κ3) is 4.45. The van der Waals surface area contributed by atoms with Crippen LogP contribution in [0.4, 0.5) is 5.69 Å². The van der Waals surface area contributed by atoms with E-state index in [0.717, 1.165) is 32.7 Å². The van der Waals surface area contributed by atoms with Crippen molar-refractivity contribution < 1.29 is 4.79 Å². The van der Waals surface area contributed by atoms with Crippen molar-refractivity contribution in [2.45, 2.75) is 19.5 Å². The summed E-state index contributed by atoms with van der Waals surface area (Å²) >= 11 is 1.79. The molecule has 0 spiro atoms. The molecule has 1 aromatic heterocycles. The Balaban J connectivity index is 1.52. The second kappa shape index (κ2) is 8.26. The van der Waals surface area contributed by atoms with Gasteiger partial charge in [0.2, 0.25) is 5.91 Å². The average Bonchev–Trinajstić information content (AvgIpc) is 3.15. The predicted octanol–water partition coefficient (Wildman–Crippen LogP) is 2.76. The van der Waals surface area contributed by atoms with Crippen LogP contribution in [0.5, 0.6) is 0 Å². The highest BCUT2D eigenvalue weighted by Gasteiger charge is 2.26. The van der Waals surface area contributed by atoms with Crippen LogP contribution in [0, 0.1) is 11.3 Å². The number of piperazine rings is 1. The molecule has 0 unspecified atom stereocenters. The molecule has 2 heterocycles. The molecule has 130 valence electrons. The number of nitrogens with zero attached hydrogens (tertiary/aromatic N) is 3. The van der Waals surface area contributed by atoms with Crippen molar-refractivity contribution in [2.75, 3.05) is 31.5 Å². The summed E-state index contributed by atoms with van der Waals surface area (Å²) in [4.78, 5) is 18.6. The maximum Gasteiger partial charge on any atom is 0.241 e. The number of nitriles is 1. The maximum absolute atomic E-state index is 12.5. The Hall–Kier alpha value is -2.20. The van der Waals surface area contributed by atoms with E-state index in [1.54, 1.807) is 29.5 Å². The van der Waals surface area contributed by atoms with Crippen LogP contribution in [0.2, 0.25) is 0 Å². The zero-order valence-corrected chi connectivity index (χ0v) is 15.1. The van der Waals surface area contributed by atoms with E-state index >= 15 is 0 Å².